The highest BCUT2D eigenvalue weighted by Gasteiger charge is 2.18. The highest BCUT2D eigenvalue weighted by Crippen LogP contribution is 2.31. The van der Waals surface area contributed by atoms with Crippen LogP contribution in [0.25, 0.3) is 15.6 Å². The number of nitrogens with zero attached hydrogens (tertiary/aromatic N) is 3. The maximum atomic E-state index is 12.4. The number of hydrogen-bond donors (Lipinski definition) is 0. The first-order valence-electron chi connectivity index (χ1n) is 7.98. The van der Waals surface area contributed by atoms with E-state index in [4.69, 9.17) is 4.74 Å². The summed E-state index contributed by atoms with van der Waals surface area (Å²) in [7, 11) is 0. The number of benzene rings is 1. The summed E-state index contributed by atoms with van der Waals surface area (Å²) >= 11 is 2.98. The molecule has 5 nitrogen and oxygen atoms in total. The summed E-state index contributed by atoms with van der Waals surface area (Å²) in [6, 6.07) is 13.6. The largest absolute Gasteiger partial charge is 0.457 e. The quantitative estimate of drug-likeness (QED) is 0.469. The van der Waals surface area contributed by atoms with Crippen molar-refractivity contribution < 1.29 is 9.53 Å². The molecule has 0 amide bonds. The summed E-state index contributed by atoms with van der Waals surface area (Å²) in [6.45, 7) is 2.06. The van der Waals surface area contributed by atoms with Crippen LogP contribution >= 0.6 is 22.7 Å². The van der Waals surface area contributed by atoms with Gasteiger partial charge in [-0.15, -0.1) is 22.7 Å². The molecule has 0 aliphatic rings. The summed E-state index contributed by atoms with van der Waals surface area (Å²) in [6.07, 6.45) is 3.62. The van der Waals surface area contributed by atoms with Crippen molar-refractivity contribution in [1.29, 1.82) is 0 Å². The number of rotatable bonds is 5. The van der Waals surface area contributed by atoms with E-state index in [1.807, 2.05) is 61.0 Å². The molecule has 0 saturated carbocycles. The zero-order chi connectivity index (χ0) is 17.9. The lowest BCUT2D eigenvalue weighted by atomic mass is 10.2. The summed E-state index contributed by atoms with van der Waals surface area (Å²) in [5.41, 5.74) is 2.59. The monoisotopic (exact) mass is 381 g/mol. The predicted octanol–water partition coefficient (Wildman–Crippen LogP) is 4.72. The number of ether oxygens (including phenoxy) is 1. The number of hydrogen-bond acceptors (Lipinski definition) is 6. The van der Waals surface area contributed by atoms with Gasteiger partial charge in [0.1, 0.15) is 16.5 Å². The lowest BCUT2D eigenvalue weighted by molar-refractivity contribution is 0.0477. The zero-order valence-corrected chi connectivity index (χ0v) is 15.6. The molecule has 4 rings (SSSR count). The molecule has 0 radical (unpaired) electrons. The maximum Gasteiger partial charge on any atom is 0.350 e. The lowest BCUT2D eigenvalue weighted by Gasteiger charge is -2.06. The summed E-state index contributed by atoms with van der Waals surface area (Å²) in [5.74, 6) is -0.334. The third kappa shape index (κ3) is 3.44. The Bertz CT molecular complexity index is 1000. The summed E-state index contributed by atoms with van der Waals surface area (Å²) < 4.78 is 7.25. The standard InChI is InChI=1S/C19H15N3O2S2/c1-13-17(26-18(21-13)16-4-2-11-25-16)19(23)24-12-14-5-7-15(8-6-14)22-10-3-9-20-22/h2-11H,12H2,1H3. The normalized spacial score (nSPS) is 10.8. The van der Waals surface area contributed by atoms with Crippen molar-refractivity contribution in [3.63, 3.8) is 0 Å². The molecule has 4 aromatic rings. The first-order valence-corrected chi connectivity index (χ1v) is 9.68. The van der Waals surface area contributed by atoms with Crippen molar-refractivity contribution in [3.05, 3.63) is 76.4 Å². The molecule has 0 fully saturated rings. The molecule has 1 aromatic carbocycles. The van der Waals surface area contributed by atoms with Gasteiger partial charge in [-0.3, -0.25) is 0 Å². The Labute approximate surface area is 158 Å². The van der Waals surface area contributed by atoms with Gasteiger partial charge in [0, 0.05) is 12.4 Å². The van der Waals surface area contributed by atoms with Crippen LogP contribution in [0.3, 0.4) is 0 Å². The fourth-order valence-corrected chi connectivity index (χ4v) is 4.23. The van der Waals surface area contributed by atoms with Crippen molar-refractivity contribution >= 4 is 28.6 Å². The van der Waals surface area contributed by atoms with Gasteiger partial charge in [-0.2, -0.15) is 5.10 Å². The van der Waals surface area contributed by atoms with Crippen molar-refractivity contribution in [3.8, 4) is 15.6 Å². The topological polar surface area (TPSA) is 57.0 Å². The second-order valence-corrected chi connectivity index (χ2v) is 7.55. The first-order chi connectivity index (χ1) is 12.7. The minimum atomic E-state index is -0.334. The van der Waals surface area contributed by atoms with E-state index < -0.39 is 0 Å². The molecular weight excluding hydrogens is 366 g/mol. The van der Waals surface area contributed by atoms with Gasteiger partial charge in [-0.1, -0.05) is 18.2 Å². The molecule has 0 saturated heterocycles. The second kappa shape index (κ2) is 7.23. The Morgan fingerprint density at radius 1 is 1.19 bits per heavy atom. The van der Waals surface area contributed by atoms with E-state index in [9.17, 15) is 4.79 Å². The number of aromatic nitrogens is 3. The van der Waals surface area contributed by atoms with Gasteiger partial charge < -0.3 is 4.74 Å². The minimum absolute atomic E-state index is 0.226. The Hall–Kier alpha value is -2.77. The Kier molecular flexibility index (Phi) is 4.64. The maximum absolute atomic E-state index is 12.4. The third-order valence-electron chi connectivity index (χ3n) is 3.79. The average Bonchev–Trinajstić information content (AvgIpc) is 3.41. The second-order valence-electron chi connectivity index (χ2n) is 5.60. The van der Waals surface area contributed by atoms with Gasteiger partial charge in [0.05, 0.1) is 16.3 Å². The number of esters is 1. The predicted molar refractivity (Wildman–Crippen MR) is 103 cm³/mol. The van der Waals surface area contributed by atoms with Gasteiger partial charge in [0.15, 0.2) is 0 Å². The molecule has 7 heteroatoms. The summed E-state index contributed by atoms with van der Waals surface area (Å²) in [5, 5.41) is 7.04. The van der Waals surface area contributed by atoms with Crippen LogP contribution in [0.5, 0.6) is 0 Å². The first kappa shape index (κ1) is 16.7. The van der Waals surface area contributed by atoms with Crippen molar-refractivity contribution in [1.82, 2.24) is 14.8 Å². The van der Waals surface area contributed by atoms with Crippen LogP contribution < -0.4 is 0 Å². The third-order valence-corrected chi connectivity index (χ3v) is 5.97. The van der Waals surface area contributed by atoms with E-state index in [0.29, 0.717) is 10.6 Å². The lowest BCUT2D eigenvalue weighted by Crippen LogP contribution is -2.05. The fourth-order valence-electron chi connectivity index (χ4n) is 2.47. The van der Waals surface area contributed by atoms with Gasteiger partial charge in [-0.05, 0) is 42.1 Å². The SMILES string of the molecule is Cc1nc(-c2cccs2)sc1C(=O)OCc1ccc(-n2cccn2)cc1. The van der Waals surface area contributed by atoms with Crippen LogP contribution in [0, 0.1) is 6.92 Å². The summed E-state index contributed by atoms with van der Waals surface area (Å²) in [4.78, 5) is 18.5. The van der Waals surface area contributed by atoms with Gasteiger partial charge in [-0.25, -0.2) is 14.5 Å². The van der Waals surface area contributed by atoms with Crippen LogP contribution in [0.4, 0.5) is 0 Å². The number of carbonyl (C=O) groups is 1. The van der Waals surface area contributed by atoms with Crippen molar-refractivity contribution in [2.24, 2.45) is 0 Å². The molecule has 130 valence electrons. The molecule has 26 heavy (non-hydrogen) atoms. The van der Waals surface area contributed by atoms with Crippen LogP contribution in [-0.4, -0.2) is 20.7 Å². The number of thiophene rings is 1. The fraction of sp³-hybridized carbons (Fsp3) is 0.105. The molecule has 0 unspecified atom stereocenters. The zero-order valence-electron chi connectivity index (χ0n) is 14.0. The van der Waals surface area contributed by atoms with Crippen molar-refractivity contribution in [2.45, 2.75) is 13.5 Å². The van der Waals surface area contributed by atoms with E-state index in [1.165, 1.54) is 11.3 Å². The Morgan fingerprint density at radius 2 is 2.04 bits per heavy atom. The highest BCUT2D eigenvalue weighted by atomic mass is 32.1. The van der Waals surface area contributed by atoms with Gasteiger partial charge in [0.25, 0.3) is 0 Å². The minimum Gasteiger partial charge on any atom is -0.457 e. The molecule has 0 spiro atoms. The molecule has 3 heterocycles. The molecule has 3 aromatic heterocycles. The van der Waals surface area contributed by atoms with Crippen LogP contribution in [0.15, 0.2) is 60.2 Å². The Balaban J connectivity index is 1.42. The number of thiazole rings is 1. The van der Waals surface area contributed by atoms with E-state index in [2.05, 4.69) is 10.1 Å². The van der Waals surface area contributed by atoms with Crippen LogP contribution in [-0.2, 0) is 11.3 Å². The van der Waals surface area contributed by atoms with E-state index >= 15 is 0 Å². The average molecular weight is 381 g/mol. The molecule has 0 aliphatic carbocycles. The highest BCUT2D eigenvalue weighted by molar-refractivity contribution is 7.22. The Morgan fingerprint density at radius 3 is 2.73 bits per heavy atom. The van der Waals surface area contributed by atoms with Crippen LogP contribution in [0.2, 0.25) is 0 Å². The van der Waals surface area contributed by atoms with E-state index in [0.717, 1.165) is 21.1 Å². The molecule has 0 N–H and O–H groups in total. The van der Waals surface area contributed by atoms with Gasteiger partial charge >= 0.3 is 5.97 Å². The van der Waals surface area contributed by atoms with E-state index in [-0.39, 0.29) is 12.6 Å². The molecule has 0 bridgehead atoms. The number of carbonyl (C=O) groups excluding carboxylic acids is 1. The molecule has 0 aliphatic heterocycles. The molecular formula is C19H15N3O2S2. The van der Waals surface area contributed by atoms with Gasteiger partial charge in [0.2, 0.25) is 0 Å². The van der Waals surface area contributed by atoms with Crippen LogP contribution in [0.1, 0.15) is 20.9 Å². The van der Waals surface area contributed by atoms with E-state index in [1.54, 1.807) is 22.2 Å². The smallest absolute Gasteiger partial charge is 0.350 e. The van der Waals surface area contributed by atoms with Crippen molar-refractivity contribution in [2.75, 3.05) is 0 Å². The number of aryl methyl sites for hydroxylation is 1. The molecule has 0 atom stereocenters.